The number of aliphatic hydroxyl groups excluding tert-OH is 1. The minimum Gasteiger partial charge on any atom is -0.478 e. The Morgan fingerprint density at radius 2 is 1.84 bits per heavy atom. The van der Waals surface area contributed by atoms with Crippen LogP contribution in [-0.4, -0.2) is 26.9 Å². The second kappa shape index (κ2) is 6.22. The molecule has 1 aromatic heterocycles. The van der Waals surface area contributed by atoms with Crippen molar-refractivity contribution in [1.29, 1.82) is 0 Å². The second-order valence-corrected chi connectivity index (χ2v) is 6.46. The Bertz CT molecular complexity index is 928. The van der Waals surface area contributed by atoms with Gasteiger partial charge in [-0.3, -0.25) is 0 Å². The van der Waals surface area contributed by atoms with Gasteiger partial charge < -0.3 is 14.8 Å². The van der Waals surface area contributed by atoms with Crippen molar-refractivity contribution in [3.05, 3.63) is 77.5 Å². The van der Waals surface area contributed by atoms with Gasteiger partial charge in [0.25, 0.3) is 0 Å². The summed E-state index contributed by atoms with van der Waals surface area (Å²) in [5.41, 5.74) is 5.52. The van der Waals surface area contributed by atoms with E-state index in [-0.39, 0.29) is 11.7 Å². The summed E-state index contributed by atoms with van der Waals surface area (Å²) < 4.78 is 2.14. The molecular weight excluding hydrogens is 314 g/mol. The van der Waals surface area contributed by atoms with Gasteiger partial charge in [0.15, 0.2) is 0 Å². The van der Waals surface area contributed by atoms with Crippen molar-refractivity contribution in [2.24, 2.45) is 0 Å². The number of aliphatic hydroxyl groups is 1. The number of carbonyl (C=O) groups is 1. The molecule has 126 valence electrons. The maximum Gasteiger partial charge on any atom is 0.335 e. The van der Waals surface area contributed by atoms with E-state index in [0.717, 1.165) is 41.0 Å². The largest absolute Gasteiger partial charge is 0.478 e. The van der Waals surface area contributed by atoms with Crippen molar-refractivity contribution in [2.75, 3.05) is 0 Å². The number of benzene rings is 2. The fourth-order valence-corrected chi connectivity index (χ4v) is 3.60. The Morgan fingerprint density at radius 1 is 1.04 bits per heavy atom. The first kappa shape index (κ1) is 15.7. The molecule has 1 aliphatic rings. The number of carboxylic acids is 1. The minimum atomic E-state index is -0.931. The molecule has 1 heterocycles. The number of rotatable bonds is 3. The third-order valence-electron chi connectivity index (χ3n) is 4.78. The van der Waals surface area contributed by atoms with Gasteiger partial charge >= 0.3 is 5.97 Å². The van der Waals surface area contributed by atoms with Gasteiger partial charge in [-0.15, -0.1) is 0 Å². The van der Waals surface area contributed by atoms with Crippen LogP contribution in [0.4, 0.5) is 0 Å². The summed E-state index contributed by atoms with van der Waals surface area (Å²) >= 11 is 0. The standard InChI is InChI=1S/C21H19NO3/c23-18-9-10-19-16(12-18)13-20(14-5-2-1-3-6-14)22(19)17-8-4-7-15(11-17)21(24)25/h1-8,11,13,18,23H,9-10,12H2,(H,24,25). The van der Waals surface area contributed by atoms with Gasteiger partial charge in [0.2, 0.25) is 0 Å². The number of fused-ring (bicyclic) bond motifs is 1. The summed E-state index contributed by atoms with van der Waals surface area (Å²) in [6.45, 7) is 0. The van der Waals surface area contributed by atoms with Crippen molar-refractivity contribution >= 4 is 5.97 Å². The molecule has 0 saturated carbocycles. The summed E-state index contributed by atoms with van der Waals surface area (Å²) in [4.78, 5) is 11.4. The monoisotopic (exact) mass is 333 g/mol. The van der Waals surface area contributed by atoms with Gasteiger partial charge in [-0.2, -0.15) is 0 Å². The Labute approximate surface area is 146 Å². The Balaban J connectivity index is 1.94. The number of hydrogen-bond donors (Lipinski definition) is 2. The van der Waals surface area contributed by atoms with E-state index in [0.29, 0.717) is 6.42 Å². The molecule has 4 heteroatoms. The molecule has 0 bridgehead atoms. The molecule has 1 atom stereocenters. The fraction of sp³-hybridized carbons (Fsp3) is 0.190. The van der Waals surface area contributed by atoms with Crippen molar-refractivity contribution in [3.8, 4) is 16.9 Å². The predicted octanol–water partition coefficient (Wildman–Crippen LogP) is 3.69. The second-order valence-electron chi connectivity index (χ2n) is 6.46. The Kier molecular flexibility index (Phi) is 3.90. The number of nitrogens with zero attached hydrogens (tertiary/aromatic N) is 1. The van der Waals surface area contributed by atoms with Crippen molar-refractivity contribution < 1.29 is 15.0 Å². The highest BCUT2D eigenvalue weighted by Gasteiger charge is 2.24. The highest BCUT2D eigenvalue weighted by Crippen LogP contribution is 2.34. The minimum absolute atomic E-state index is 0.273. The van der Waals surface area contributed by atoms with Crippen LogP contribution in [0.3, 0.4) is 0 Å². The van der Waals surface area contributed by atoms with Crippen molar-refractivity contribution in [2.45, 2.75) is 25.4 Å². The molecule has 4 nitrogen and oxygen atoms in total. The average Bonchev–Trinajstić information content (AvgIpc) is 3.01. The van der Waals surface area contributed by atoms with E-state index in [1.165, 1.54) is 0 Å². The number of aromatic nitrogens is 1. The number of hydrogen-bond acceptors (Lipinski definition) is 2. The normalized spacial score (nSPS) is 16.4. The molecule has 0 spiro atoms. The van der Waals surface area contributed by atoms with Crippen LogP contribution in [-0.2, 0) is 12.8 Å². The lowest BCUT2D eigenvalue weighted by Gasteiger charge is -2.21. The molecule has 0 fully saturated rings. The topological polar surface area (TPSA) is 62.5 Å². The molecule has 0 amide bonds. The summed E-state index contributed by atoms with van der Waals surface area (Å²) in [7, 11) is 0. The lowest BCUT2D eigenvalue weighted by molar-refractivity contribution is 0.0697. The Hall–Kier alpha value is -2.85. The first-order valence-electron chi connectivity index (χ1n) is 8.44. The van der Waals surface area contributed by atoms with Gasteiger partial charge in [-0.25, -0.2) is 4.79 Å². The average molecular weight is 333 g/mol. The predicted molar refractivity (Wildman–Crippen MR) is 96.2 cm³/mol. The molecule has 1 aliphatic carbocycles. The van der Waals surface area contributed by atoms with E-state index in [4.69, 9.17) is 0 Å². The summed E-state index contributed by atoms with van der Waals surface area (Å²) in [6.07, 6.45) is 1.84. The fourth-order valence-electron chi connectivity index (χ4n) is 3.60. The molecular formula is C21H19NO3. The molecule has 2 N–H and O–H groups in total. The molecule has 25 heavy (non-hydrogen) atoms. The van der Waals surface area contributed by atoms with Gasteiger partial charge in [0, 0.05) is 17.8 Å². The third-order valence-corrected chi connectivity index (χ3v) is 4.78. The van der Waals surface area contributed by atoms with Gasteiger partial charge in [-0.1, -0.05) is 36.4 Å². The summed E-state index contributed by atoms with van der Waals surface area (Å²) in [6, 6.07) is 19.2. The first-order valence-corrected chi connectivity index (χ1v) is 8.44. The SMILES string of the molecule is O=C(O)c1cccc(-n2c(-c3ccccc3)cc3c2CCC(O)C3)c1. The molecule has 2 aromatic carbocycles. The van der Waals surface area contributed by atoms with E-state index in [1.54, 1.807) is 18.2 Å². The van der Waals surface area contributed by atoms with Crippen LogP contribution in [0.2, 0.25) is 0 Å². The van der Waals surface area contributed by atoms with E-state index < -0.39 is 5.97 Å². The van der Waals surface area contributed by atoms with E-state index in [9.17, 15) is 15.0 Å². The molecule has 0 aliphatic heterocycles. The van der Waals surface area contributed by atoms with Gasteiger partial charge in [-0.05, 0) is 48.2 Å². The maximum atomic E-state index is 11.4. The highest BCUT2D eigenvalue weighted by atomic mass is 16.4. The van der Waals surface area contributed by atoms with E-state index >= 15 is 0 Å². The lowest BCUT2D eigenvalue weighted by atomic mass is 9.95. The zero-order valence-electron chi connectivity index (χ0n) is 13.7. The maximum absolute atomic E-state index is 11.4. The molecule has 3 aromatic rings. The smallest absolute Gasteiger partial charge is 0.335 e. The summed E-state index contributed by atoms with van der Waals surface area (Å²) in [5, 5.41) is 19.4. The van der Waals surface area contributed by atoms with Crippen LogP contribution in [0, 0.1) is 0 Å². The van der Waals surface area contributed by atoms with Crippen LogP contribution in [0.25, 0.3) is 16.9 Å². The molecule has 4 rings (SSSR count). The lowest BCUT2D eigenvalue weighted by Crippen LogP contribution is -2.19. The van der Waals surface area contributed by atoms with Gasteiger partial charge in [0.1, 0.15) is 0 Å². The van der Waals surface area contributed by atoms with Crippen molar-refractivity contribution in [1.82, 2.24) is 4.57 Å². The number of aromatic carboxylic acids is 1. The van der Waals surface area contributed by atoms with Crippen LogP contribution >= 0.6 is 0 Å². The zero-order chi connectivity index (χ0) is 17.4. The van der Waals surface area contributed by atoms with E-state index in [2.05, 4.69) is 22.8 Å². The van der Waals surface area contributed by atoms with Crippen LogP contribution in [0.1, 0.15) is 28.0 Å². The quantitative estimate of drug-likeness (QED) is 0.768. The van der Waals surface area contributed by atoms with Gasteiger partial charge in [0.05, 0.1) is 17.4 Å². The third kappa shape index (κ3) is 2.85. The number of carboxylic acid groups (broad SMARTS) is 1. The van der Waals surface area contributed by atoms with Crippen LogP contribution < -0.4 is 0 Å². The van der Waals surface area contributed by atoms with E-state index in [1.807, 2.05) is 24.3 Å². The van der Waals surface area contributed by atoms with Crippen LogP contribution in [0.15, 0.2) is 60.7 Å². The Morgan fingerprint density at radius 3 is 2.60 bits per heavy atom. The first-order chi connectivity index (χ1) is 12.1. The zero-order valence-corrected chi connectivity index (χ0v) is 13.7. The highest BCUT2D eigenvalue weighted by molar-refractivity contribution is 5.88. The molecule has 1 unspecified atom stereocenters. The van der Waals surface area contributed by atoms with Crippen LogP contribution in [0.5, 0.6) is 0 Å². The molecule has 0 saturated heterocycles. The molecule has 0 radical (unpaired) electrons. The van der Waals surface area contributed by atoms with Crippen molar-refractivity contribution in [3.63, 3.8) is 0 Å². The summed E-state index contributed by atoms with van der Waals surface area (Å²) in [5.74, 6) is -0.931.